The zero-order valence-electron chi connectivity index (χ0n) is 6.09. The lowest BCUT2D eigenvalue weighted by Crippen LogP contribution is -1.99. The fraction of sp³-hybridized carbons (Fsp3) is 0.429. The highest BCUT2D eigenvalue weighted by atomic mass is 16.5. The third-order valence-corrected chi connectivity index (χ3v) is 0.783. The summed E-state index contributed by atoms with van der Waals surface area (Å²) in [4.78, 5) is 20.4. The van der Waals surface area contributed by atoms with Gasteiger partial charge < -0.3 is 4.74 Å². The average Bonchev–Trinajstić information content (AvgIpc) is 1.86. The Morgan fingerprint density at radius 2 is 2.20 bits per heavy atom. The smallest absolute Gasteiger partial charge is 0.308 e. The molecule has 0 N–H and O–H groups in total. The number of carbonyl (C=O) groups excluding carboxylic acids is 2. The largest absolute Gasteiger partial charge is 0.424 e. The summed E-state index contributed by atoms with van der Waals surface area (Å²) < 4.78 is 4.49. The minimum atomic E-state index is -0.466. The van der Waals surface area contributed by atoms with E-state index in [-0.39, 0.29) is 5.76 Å². The molecule has 0 aliphatic carbocycles. The minimum absolute atomic E-state index is 0.0926. The van der Waals surface area contributed by atoms with Gasteiger partial charge in [0.25, 0.3) is 0 Å². The Kier molecular flexibility index (Phi) is 4.20. The second-order valence-electron chi connectivity index (χ2n) is 1.73. The number of rotatable bonds is 3. The fourth-order valence-corrected chi connectivity index (χ4v) is 0.481. The van der Waals surface area contributed by atoms with Gasteiger partial charge in [0.1, 0.15) is 0 Å². The first-order valence-corrected chi connectivity index (χ1v) is 3.04. The van der Waals surface area contributed by atoms with Crippen molar-refractivity contribution >= 4 is 12.3 Å². The van der Waals surface area contributed by atoms with E-state index in [0.29, 0.717) is 12.7 Å². The third kappa shape index (κ3) is 3.83. The summed E-state index contributed by atoms with van der Waals surface area (Å²) in [6.07, 6.45) is 2.75. The number of allylic oxidation sites excluding steroid dienone is 2. The van der Waals surface area contributed by atoms with E-state index in [0.717, 1.165) is 0 Å². The van der Waals surface area contributed by atoms with E-state index in [2.05, 4.69) is 4.74 Å². The zero-order valence-corrected chi connectivity index (χ0v) is 6.09. The van der Waals surface area contributed by atoms with Gasteiger partial charge in [-0.1, -0.05) is 6.92 Å². The molecule has 0 spiro atoms. The summed E-state index contributed by atoms with van der Waals surface area (Å²) in [7, 11) is 0. The SMILES string of the molecule is CC/C=C(\C=O)OC(C)=O. The summed E-state index contributed by atoms with van der Waals surface area (Å²) in [5, 5.41) is 0. The first-order valence-electron chi connectivity index (χ1n) is 3.04. The molecule has 0 fully saturated rings. The van der Waals surface area contributed by atoms with Gasteiger partial charge in [-0.25, -0.2) is 0 Å². The molecule has 0 bridgehead atoms. The molecule has 0 radical (unpaired) electrons. The van der Waals surface area contributed by atoms with Gasteiger partial charge in [0.15, 0.2) is 12.0 Å². The van der Waals surface area contributed by atoms with Crippen molar-refractivity contribution in [2.45, 2.75) is 20.3 Å². The maximum absolute atomic E-state index is 10.3. The molecule has 0 amide bonds. The molecule has 0 aromatic heterocycles. The van der Waals surface area contributed by atoms with E-state index in [1.807, 2.05) is 6.92 Å². The normalized spacial score (nSPS) is 10.8. The predicted molar refractivity (Wildman–Crippen MR) is 36.2 cm³/mol. The van der Waals surface area contributed by atoms with Gasteiger partial charge in [0.2, 0.25) is 0 Å². The standard InChI is InChI=1S/C7H10O3/c1-3-4-7(5-8)10-6(2)9/h4-5H,3H2,1-2H3/b7-4+. The van der Waals surface area contributed by atoms with E-state index >= 15 is 0 Å². The van der Waals surface area contributed by atoms with Gasteiger partial charge in [-0.15, -0.1) is 0 Å². The average molecular weight is 142 g/mol. The Bertz CT molecular complexity index is 158. The summed E-state index contributed by atoms with van der Waals surface area (Å²) in [6.45, 7) is 3.11. The van der Waals surface area contributed by atoms with E-state index in [1.165, 1.54) is 6.92 Å². The molecule has 10 heavy (non-hydrogen) atoms. The van der Waals surface area contributed by atoms with E-state index < -0.39 is 5.97 Å². The van der Waals surface area contributed by atoms with Crippen LogP contribution in [-0.4, -0.2) is 12.3 Å². The number of esters is 1. The molecule has 0 aliphatic rings. The van der Waals surface area contributed by atoms with Crippen LogP contribution >= 0.6 is 0 Å². The molecule has 3 nitrogen and oxygen atoms in total. The Morgan fingerprint density at radius 1 is 1.60 bits per heavy atom. The van der Waals surface area contributed by atoms with Crippen LogP contribution in [0.1, 0.15) is 20.3 Å². The monoisotopic (exact) mass is 142 g/mol. The van der Waals surface area contributed by atoms with Crippen LogP contribution in [0.5, 0.6) is 0 Å². The lowest BCUT2D eigenvalue weighted by atomic mass is 10.4. The highest BCUT2D eigenvalue weighted by molar-refractivity contribution is 5.77. The minimum Gasteiger partial charge on any atom is -0.424 e. The van der Waals surface area contributed by atoms with Crippen LogP contribution in [0.15, 0.2) is 11.8 Å². The van der Waals surface area contributed by atoms with Crippen molar-refractivity contribution in [2.24, 2.45) is 0 Å². The van der Waals surface area contributed by atoms with Gasteiger partial charge in [-0.2, -0.15) is 0 Å². The quantitative estimate of drug-likeness (QED) is 0.256. The van der Waals surface area contributed by atoms with Gasteiger partial charge in [-0.3, -0.25) is 9.59 Å². The van der Waals surface area contributed by atoms with Gasteiger partial charge in [0, 0.05) is 6.92 Å². The molecule has 0 aliphatic heterocycles. The van der Waals surface area contributed by atoms with Crippen LogP contribution in [-0.2, 0) is 14.3 Å². The van der Waals surface area contributed by atoms with Crippen molar-refractivity contribution in [3.63, 3.8) is 0 Å². The zero-order chi connectivity index (χ0) is 7.98. The molecule has 3 heteroatoms. The van der Waals surface area contributed by atoms with Crippen molar-refractivity contribution in [3.05, 3.63) is 11.8 Å². The molecule has 56 valence electrons. The van der Waals surface area contributed by atoms with Crippen molar-refractivity contribution in [1.82, 2.24) is 0 Å². The molecule has 0 saturated carbocycles. The summed E-state index contributed by atoms with van der Waals surface area (Å²) in [5.41, 5.74) is 0. The van der Waals surface area contributed by atoms with E-state index in [4.69, 9.17) is 0 Å². The van der Waals surface area contributed by atoms with Crippen LogP contribution < -0.4 is 0 Å². The lowest BCUT2D eigenvalue weighted by Gasteiger charge is -1.96. The number of ether oxygens (including phenoxy) is 1. The van der Waals surface area contributed by atoms with Crippen LogP contribution in [0, 0.1) is 0 Å². The maximum Gasteiger partial charge on any atom is 0.308 e. The van der Waals surface area contributed by atoms with Crippen molar-refractivity contribution in [2.75, 3.05) is 0 Å². The number of hydrogen-bond donors (Lipinski definition) is 0. The first kappa shape index (κ1) is 8.88. The van der Waals surface area contributed by atoms with Crippen LogP contribution in [0.4, 0.5) is 0 Å². The molecule has 0 unspecified atom stereocenters. The molecular formula is C7H10O3. The second-order valence-corrected chi connectivity index (χ2v) is 1.73. The molecule has 0 aromatic rings. The number of hydrogen-bond acceptors (Lipinski definition) is 3. The highest BCUT2D eigenvalue weighted by Gasteiger charge is 1.97. The summed E-state index contributed by atoms with van der Waals surface area (Å²) >= 11 is 0. The van der Waals surface area contributed by atoms with E-state index in [1.54, 1.807) is 6.08 Å². The van der Waals surface area contributed by atoms with Crippen LogP contribution in [0.3, 0.4) is 0 Å². The molecular weight excluding hydrogens is 132 g/mol. The van der Waals surface area contributed by atoms with Crippen molar-refractivity contribution < 1.29 is 14.3 Å². The van der Waals surface area contributed by atoms with Gasteiger partial charge >= 0.3 is 5.97 Å². The van der Waals surface area contributed by atoms with Gasteiger partial charge in [0.05, 0.1) is 0 Å². The van der Waals surface area contributed by atoms with Gasteiger partial charge in [-0.05, 0) is 12.5 Å². The van der Waals surface area contributed by atoms with E-state index in [9.17, 15) is 9.59 Å². The molecule has 0 atom stereocenters. The summed E-state index contributed by atoms with van der Waals surface area (Å²) in [5.74, 6) is -0.373. The third-order valence-electron chi connectivity index (χ3n) is 0.783. The number of carbonyl (C=O) groups is 2. The molecule has 0 heterocycles. The highest BCUT2D eigenvalue weighted by Crippen LogP contribution is 1.94. The predicted octanol–water partition coefficient (Wildman–Crippen LogP) is 1.04. The maximum atomic E-state index is 10.3. The number of aldehydes is 1. The van der Waals surface area contributed by atoms with Crippen molar-refractivity contribution in [1.29, 1.82) is 0 Å². The topological polar surface area (TPSA) is 43.4 Å². The summed E-state index contributed by atoms with van der Waals surface area (Å²) in [6, 6.07) is 0. The van der Waals surface area contributed by atoms with Crippen LogP contribution in [0.2, 0.25) is 0 Å². The fourth-order valence-electron chi connectivity index (χ4n) is 0.481. The van der Waals surface area contributed by atoms with Crippen LogP contribution in [0.25, 0.3) is 0 Å². The first-order chi connectivity index (χ1) is 4.70. The molecule has 0 rings (SSSR count). The second kappa shape index (κ2) is 4.73. The Morgan fingerprint density at radius 3 is 2.50 bits per heavy atom. The lowest BCUT2D eigenvalue weighted by molar-refractivity contribution is -0.138. The van der Waals surface area contributed by atoms with Crippen molar-refractivity contribution in [3.8, 4) is 0 Å². The molecule has 0 aromatic carbocycles. The Hall–Kier alpha value is -1.12. The Balaban J connectivity index is 3.95. The Labute approximate surface area is 59.7 Å². The molecule has 0 saturated heterocycles.